The number of carboxylic acid groups (broad SMARTS) is 1. The molecule has 7 heteroatoms. The van der Waals surface area contributed by atoms with Gasteiger partial charge in [0.25, 0.3) is 10.0 Å². The molecule has 6 nitrogen and oxygen atoms in total. The molecule has 0 unspecified atom stereocenters. The second-order valence-electron chi connectivity index (χ2n) is 5.04. The van der Waals surface area contributed by atoms with Crippen LogP contribution < -0.4 is 4.31 Å². The molecule has 0 saturated heterocycles. The third-order valence-corrected chi connectivity index (χ3v) is 5.49. The summed E-state index contributed by atoms with van der Waals surface area (Å²) in [5.41, 5.74) is 1.49. The van der Waals surface area contributed by atoms with E-state index in [-0.39, 0.29) is 16.6 Å². The van der Waals surface area contributed by atoms with Gasteiger partial charge in [-0.1, -0.05) is 18.2 Å². The van der Waals surface area contributed by atoms with Crippen LogP contribution in [0, 0.1) is 0 Å². The van der Waals surface area contributed by atoms with Gasteiger partial charge in [-0.05, 0) is 31.0 Å². The van der Waals surface area contributed by atoms with Crippen LogP contribution in [0.3, 0.4) is 0 Å². The minimum atomic E-state index is -3.78. The van der Waals surface area contributed by atoms with E-state index in [0.29, 0.717) is 12.1 Å². The molecule has 0 fully saturated rings. The lowest BCUT2D eigenvalue weighted by atomic mass is 10.1. The molecule has 2 aromatic rings. The van der Waals surface area contributed by atoms with Gasteiger partial charge >= 0.3 is 5.97 Å². The fourth-order valence-electron chi connectivity index (χ4n) is 2.66. The van der Waals surface area contributed by atoms with E-state index in [4.69, 9.17) is 5.11 Å². The number of nitrogens with one attached hydrogen (secondary N) is 1. The summed E-state index contributed by atoms with van der Waals surface area (Å²) in [4.78, 5) is 13.3. The number of rotatable bonds is 3. The second kappa shape index (κ2) is 4.63. The SMILES string of the molecule is C[C@@H]1Cc2ccccc2N1S(=O)(=O)c1c[nH]c(C(=O)O)c1. The van der Waals surface area contributed by atoms with E-state index in [9.17, 15) is 13.2 Å². The highest BCUT2D eigenvalue weighted by atomic mass is 32.2. The van der Waals surface area contributed by atoms with Crippen LogP contribution >= 0.6 is 0 Å². The van der Waals surface area contributed by atoms with Gasteiger partial charge in [-0.15, -0.1) is 0 Å². The Morgan fingerprint density at radius 2 is 2.10 bits per heavy atom. The van der Waals surface area contributed by atoms with Crippen molar-refractivity contribution in [2.45, 2.75) is 24.3 Å². The summed E-state index contributed by atoms with van der Waals surface area (Å²) in [6.45, 7) is 1.84. The Balaban J connectivity index is 2.08. The van der Waals surface area contributed by atoms with Gasteiger partial charge in [0, 0.05) is 12.2 Å². The summed E-state index contributed by atoms with van der Waals surface area (Å²) in [6, 6.07) is 8.28. The number of aromatic nitrogens is 1. The quantitative estimate of drug-likeness (QED) is 0.905. The molecule has 21 heavy (non-hydrogen) atoms. The highest BCUT2D eigenvalue weighted by Crippen LogP contribution is 2.36. The van der Waals surface area contributed by atoms with Crippen molar-refractivity contribution in [2.24, 2.45) is 0 Å². The molecule has 0 aliphatic carbocycles. The maximum Gasteiger partial charge on any atom is 0.352 e. The molecule has 0 spiro atoms. The number of H-pyrrole nitrogens is 1. The first kappa shape index (κ1) is 13.7. The number of aromatic amines is 1. The smallest absolute Gasteiger partial charge is 0.352 e. The van der Waals surface area contributed by atoms with Crippen molar-refractivity contribution in [3.05, 3.63) is 47.8 Å². The van der Waals surface area contributed by atoms with Crippen LogP contribution in [0.1, 0.15) is 23.0 Å². The minimum absolute atomic E-state index is 0.0385. The van der Waals surface area contributed by atoms with E-state index < -0.39 is 16.0 Å². The summed E-state index contributed by atoms with van der Waals surface area (Å²) >= 11 is 0. The Kier molecular flexibility index (Phi) is 3.02. The van der Waals surface area contributed by atoms with E-state index in [2.05, 4.69) is 4.98 Å². The van der Waals surface area contributed by atoms with Gasteiger partial charge in [-0.2, -0.15) is 0 Å². The maximum absolute atomic E-state index is 12.8. The van der Waals surface area contributed by atoms with E-state index in [1.165, 1.54) is 10.5 Å². The largest absolute Gasteiger partial charge is 0.477 e. The lowest BCUT2D eigenvalue weighted by Gasteiger charge is -2.23. The Bertz CT molecular complexity index is 810. The van der Waals surface area contributed by atoms with E-state index in [1.807, 2.05) is 19.1 Å². The normalized spacial score (nSPS) is 17.8. The van der Waals surface area contributed by atoms with Gasteiger partial charge in [0.05, 0.1) is 5.69 Å². The van der Waals surface area contributed by atoms with Gasteiger partial charge in [-0.25, -0.2) is 13.2 Å². The van der Waals surface area contributed by atoms with Gasteiger partial charge in [0.2, 0.25) is 0 Å². The molecule has 0 bridgehead atoms. The van der Waals surface area contributed by atoms with E-state index in [0.717, 1.165) is 11.6 Å². The molecule has 0 radical (unpaired) electrons. The van der Waals surface area contributed by atoms with Crippen molar-refractivity contribution in [2.75, 3.05) is 4.31 Å². The Morgan fingerprint density at radius 3 is 2.76 bits per heavy atom. The number of nitrogens with zero attached hydrogens (tertiary/aromatic N) is 1. The number of hydrogen-bond acceptors (Lipinski definition) is 3. The number of fused-ring (bicyclic) bond motifs is 1. The predicted octanol–water partition coefficient (Wildman–Crippen LogP) is 1.85. The predicted molar refractivity (Wildman–Crippen MR) is 77.0 cm³/mol. The van der Waals surface area contributed by atoms with Gasteiger partial charge in [-0.3, -0.25) is 4.31 Å². The number of carbonyl (C=O) groups is 1. The molecule has 1 aromatic carbocycles. The van der Waals surface area contributed by atoms with Crippen molar-refractivity contribution in [1.82, 2.24) is 4.98 Å². The number of sulfonamides is 1. The van der Waals surface area contributed by atoms with Gasteiger partial charge in [0.1, 0.15) is 10.6 Å². The molecule has 0 amide bonds. The topological polar surface area (TPSA) is 90.5 Å². The molecule has 110 valence electrons. The molecule has 2 N–H and O–H groups in total. The third kappa shape index (κ3) is 2.09. The zero-order valence-corrected chi connectivity index (χ0v) is 12.1. The van der Waals surface area contributed by atoms with Crippen LogP contribution in [-0.2, 0) is 16.4 Å². The Labute approximate surface area is 122 Å². The van der Waals surface area contributed by atoms with Gasteiger partial charge in [0.15, 0.2) is 0 Å². The fraction of sp³-hybridized carbons (Fsp3) is 0.214. The molecular weight excluding hydrogens is 292 g/mol. The highest BCUT2D eigenvalue weighted by Gasteiger charge is 2.36. The molecule has 1 aromatic heterocycles. The molecule has 0 saturated carbocycles. The minimum Gasteiger partial charge on any atom is -0.477 e. The molecular formula is C14H14N2O4S. The van der Waals surface area contributed by atoms with Crippen molar-refractivity contribution in [3.63, 3.8) is 0 Å². The molecule has 1 aliphatic heterocycles. The summed E-state index contributed by atoms with van der Waals surface area (Å²) < 4.78 is 26.9. The number of hydrogen-bond donors (Lipinski definition) is 2. The third-order valence-electron chi connectivity index (χ3n) is 3.59. The first-order valence-electron chi connectivity index (χ1n) is 6.45. The first-order chi connectivity index (χ1) is 9.91. The summed E-state index contributed by atoms with van der Waals surface area (Å²) in [6.07, 6.45) is 1.86. The van der Waals surface area contributed by atoms with Crippen LogP contribution in [0.2, 0.25) is 0 Å². The number of carboxylic acids is 1. The molecule has 1 atom stereocenters. The molecule has 2 heterocycles. The molecule has 1 aliphatic rings. The van der Waals surface area contributed by atoms with Crippen molar-refractivity contribution >= 4 is 21.7 Å². The summed E-state index contributed by atoms with van der Waals surface area (Å²) in [5.74, 6) is -1.19. The lowest BCUT2D eigenvalue weighted by Crippen LogP contribution is -2.35. The van der Waals surface area contributed by atoms with Gasteiger partial charge < -0.3 is 10.1 Å². The number of benzene rings is 1. The van der Waals surface area contributed by atoms with Crippen molar-refractivity contribution in [3.8, 4) is 0 Å². The number of para-hydroxylation sites is 1. The van der Waals surface area contributed by atoms with Crippen molar-refractivity contribution in [1.29, 1.82) is 0 Å². The van der Waals surface area contributed by atoms with Crippen LogP contribution in [0.4, 0.5) is 5.69 Å². The summed E-state index contributed by atoms with van der Waals surface area (Å²) in [7, 11) is -3.78. The highest BCUT2D eigenvalue weighted by molar-refractivity contribution is 7.92. The number of anilines is 1. The maximum atomic E-state index is 12.8. The standard InChI is InChI=1S/C14H14N2O4S/c1-9-6-10-4-2-3-5-13(10)16(9)21(19,20)11-7-12(14(17)18)15-8-11/h2-5,7-9,15H,6H2,1H3,(H,17,18)/t9-/m1/s1. The average molecular weight is 306 g/mol. The van der Waals surface area contributed by atoms with Crippen LogP contribution in [0.5, 0.6) is 0 Å². The Hall–Kier alpha value is -2.28. The summed E-state index contributed by atoms with van der Waals surface area (Å²) in [5, 5.41) is 8.90. The molecule has 3 rings (SSSR count). The fourth-order valence-corrected chi connectivity index (χ4v) is 4.35. The van der Waals surface area contributed by atoms with E-state index in [1.54, 1.807) is 12.1 Å². The van der Waals surface area contributed by atoms with Crippen molar-refractivity contribution < 1.29 is 18.3 Å². The Morgan fingerprint density at radius 1 is 1.38 bits per heavy atom. The number of aromatic carboxylic acids is 1. The second-order valence-corrected chi connectivity index (χ2v) is 6.85. The van der Waals surface area contributed by atoms with Crippen LogP contribution in [0.25, 0.3) is 0 Å². The monoisotopic (exact) mass is 306 g/mol. The van der Waals surface area contributed by atoms with Crippen LogP contribution in [-0.4, -0.2) is 30.5 Å². The zero-order chi connectivity index (χ0) is 15.2. The van der Waals surface area contributed by atoms with E-state index >= 15 is 0 Å². The first-order valence-corrected chi connectivity index (χ1v) is 7.89. The lowest BCUT2D eigenvalue weighted by molar-refractivity contribution is 0.0691. The average Bonchev–Trinajstić information content (AvgIpc) is 3.02. The van der Waals surface area contributed by atoms with Crippen LogP contribution in [0.15, 0.2) is 41.4 Å². The zero-order valence-electron chi connectivity index (χ0n) is 11.3.